The van der Waals surface area contributed by atoms with Gasteiger partial charge in [-0.15, -0.1) is 0 Å². The van der Waals surface area contributed by atoms with Crippen LogP contribution in [0, 0.1) is 34.5 Å². The van der Waals surface area contributed by atoms with Crippen molar-refractivity contribution in [2.24, 2.45) is 22.7 Å². The van der Waals surface area contributed by atoms with Gasteiger partial charge in [0.2, 0.25) is 0 Å². The van der Waals surface area contributed by atoms with Crippen molar-refractivity contribution in [3.8, 4) is 11.8 Å². The van der Waals surface area contributed by atoms with E-state index in [9.17, 15) is 0 Å². The Hall–Kier alpha value is -1.22. The molecule has 0 heterocycles. The maximum atomic E-state index is 3.81. The molecule has 0 unspecified atom stereocenters. The molecule has 0 amide bonds. The van der Waals surface area contributed by atoms with Gasteiger partial charge in [-0.05, 0) is 99.2 Å². The summed E-state index contributed by atoms with van der Waals surface area (Å²) in [6, 6.07) is 9.14. The van der Waals surface area contributed by atoms with E-state index in [4.69, 9.17) is 0 Å². The van der Waals surface area contributed by atoms with E-state index >= 15 is 0 Å². The molecule has 5 rings (SSSR count). The number of unbranched alkanes of at least 4 members (excludes halogenated alkanes) is 3. The SMILES string of the molecule is CCCCCc1ccc(C#CC23CCC([C@H]4CC[C@H](CCCC)CC4)(CC2)CC3)cc1. The van der Waals surface area contributed by atoms with Crippen LogP contribution in [0.5, 0.6) is 0 Å². The van der Waals surface area contributed by atoms with Crippen LogP contribution in [0.4, 0.5) is 0 Å². The third-order valence-electron chi connectivity index (χ3n) is 9.48. The van der Waals surface area contributed by atoms with Crippen molar-refractivity contribution in [1.29, 1.82) is 0 Å². The monoisotopic (exact) mass is 418 g/mol. The third-order valence-corrected chi connectivity index (χ3v) is 9.48. The molecule has 1 aromatic rings. The highest BCUT2D eigenvalue weighted by Crippen LogP contribution is 2.62. The summed E-state index contributed by atoms with van der Waals surface area (Å²) >= 11 is 0. The van der Waals surface area contributed by atoms with E-state index in [0.717, 1.165) is 11.8 Å². The first-order chi connectivity index (χ1) is 15.2. The van der Waals surface area contributed by atoms with E-state index in [0.29, 0.717) is 10.8 Å². The lowest BCUT2D eigenvalue weighted by molar-refractivity contribution is -0.0379. The van der Waals surface area contributed by atoms with Gasteiger partial charge in [-0.25, -0.2) is 0 Å². The van der Waals surface area contributed by atoms with E-state index in [1.54, 1.807) is 0 Å². The Bertz CT molecular complexity index is 710. The third kappa shape index (κ3) is 5.59. The average molecular weight is 419 g/mol. The summed E-state index contributed by atoms with van der Waals surface area (Å²) in [5, 5.41) is 0. The molecule has 4 saturated carbocycles. The number of fused-ring (bicyclic) bond motifs is 3. The molecule has 31 heavy (non-hydrogen) atoms. The lowest BCUT2D eigenvalue weighted by atomic mass is 9.48. The first-order valence-corrected chi connectivity index (χ1v) is 13.8. The van der Waals surface area contributed by atoms with Crippen LogP contribution in [0.2, 0.25) is 0 Å². The fourth-order valence-electron chi connectivity index (χ4n) is 7.11. The normalized spacial score (nSPS) is 32.5. The highest BCUT2D eigenvalue weighted by atomic mass is 14.6. The van der Waals surface area contributed by atoms with Crippen molar-refractivity contribution in [2.45, 2.75) is 123 Å². The number of hydrogen-bond donors (Lipinski definition) is 0. The Labute approximate surface area is 193 Å². The van der Waals surface area contributed by atoms with Gasteiger partial charge in [0.25, 0.3) is 0 Å². The first-order valence-electron chi connectivity index (χ1n) is 13.8. The first kappa shape index (κ1) is 23.0. The summed E-state index contributed by atoms with van der Waals surface area (Å²) in [4.78, 5) is 0. The van der Waals surface area contributed by atoms with Gasteiger partial charge in [-0.1, -0.05) is 82.8 Å². The van der Waals surface area contributed by atoms with Crippen LogP contribution in [0.1, 0.15) is 128 Å². The van der Waals surface area contributed by atoms with E-state index in [-0.39, 0.29) is 0 Å². The molecule has 0 atom stereocenters. The summed E-state index contributed by atoms with van der Waals surface area (Å²) in [6.07, 6.45) is 24.1. The van der Waals surface area contributed by atoms with Crippen molar-refractivity contribution >= 4 is 0 Å². The zero-order chi connectivity index (χ0) is 21.6. The Morgan fingerprint density at radius 2 is 1.42 bits per heavy atom. The van der Waals surface area contributed by atoms with Gasteiger partial charge < -0.3 is 0 Å². The van der Waals surface area contributed by atoms with Crippen LogP contribution in [0.3, 0.4) is 0 Å². The number of rotatable bonds is 8. The van der Waals surface area contributed by atoms with Crippen molar-refractivity contribution < 1.29 is 0 Å². The second-order valence-electron chi connectivity index (χ2n) is 11.4. The topological polar surface area (TPSA) is 0 Å². The Balaban J connectivity index is 1.30. The van der Waals surface area contributed by atoms with Gasteiger partial charge in [0.1, 0.15) is 0 Å². The molecule has 4 aliphatic carbocycles. The summed E-state index contributed by atoms with van der Waals surface area (Å²) in [7, 11) is 0. The Morgan fingerprint density at radius 1 is 0.774 bits per heavy atom. The van der Waals surface area contributed by atoms with Gasteiger partial charge in [0.05, 0.1) is 0 Å². The number of hydrogen-bond acceptors (Lipinski definition) is 0. The Kier molecular flexibility index (Phi) is 7.85. The van der Waals surface area contributed by atoms with Crippen molar-refractivity contribution in [1.82, 2.24) is 0 Å². The van der Waals surface area contributed by atoms with Crippen molar-refractivity contribution in [3.05, 3.63) is 35.4 Å². The van der Waals surface area contributed by atoms with Crippen LogP contribution in [0.25, 0.3) is 0 Å². The molecule has 2 bridgehead atoms. The fourth-order valence-corrected chi connectivity index (χ4v) is 7.11. The summed E-state index contributed by atoms with van der Waals surface area (Å²) in [5.41, 5.74) is 3.72. The standard InChI is InChI=1S/C31H46/c1-3-5-7-9-27-10-12-28(13-11-27)18-19-30-20-23-31(24-21-30,25-22-30)29-16-14-26(15-17-29)8-6-4-2/h10-13,26,29H,3-9,14-17,20-25H2,1-2H3/t26-,29-,30?,31?. The molecular weight excluding hydrogens is 372 g/mol. The molecule has 1 aromatic carbocycles. The van der Waals surface area contributed by atoms with Gasteiger partial charge in [0.15, 0.2) is 0 Å². The lowest BCUT2D eigenvalue weighted by Gasteiger charge is -2.56. The predicted molar refractivity (Wildman–Crippen MR) is 134 cm³/mol. The maximum Gasteiger partial charge on any atom is 0.0319 e. The molecule has 0 saturated heterocycles. The second kappa shape index (κ2) is 10.6. The number of aryl methyl sites for hydroxylation is 1. The van der Waals surface area contributed by atoms with E-state index < -0.39 is 0 Å². The molecule has 4 fully saturated rings. The highest BCUT2D eigenvalue weighted by Gasteiger charge is 2.51. The fraction of sp³-hybridized carbons (Fsp3) is 0.742. The maximum absolute atomic E-state index is 3.81. The van der Waals surface area contributed by atoms with Crippen LogP contribution in [0.15, 0.2) is 24.3 Å². The molecule has 0 nitrogen and oxygen atoms in total. The summed E-state index contributed by atoms with van der Waals surface area (Å²) in [6.45, 7) is 4.62. The minimum atomic E-state index is 0.333. The van der Waals surface area contributed by atoms with E-state index in [2.05, 4.69) is 50.0 Å². The van der Waals surface area contributed by atoms with Gasteiger partial charge in [-0.3, -0.25) is 0 Å². The molecule has 0 spiro atoms. The van der Waals surface area contributed by atoms with E-state index in [1.165, 1.54) is 120 Å². The molecule has 4 aliphatic rings. The molecule has 0 aliphatic heterocycles. The average Bonchev–Trinajstić information content (AvgIpc) is 2.84. The zero-order valence-electron chi connectivity index (χ0n) is 20.5. The van der Waals surface area contributed by atoms with E-state index in [1.807, 2.05) is 0 Å². The molecular formula is C31H46. The van der Waals surface area contributed by atoms with Gasteiger partial charge >= 0.3 is 0 Å². The van der Waals surface area contributed by atoms with Crippen LogP contribution in [-0.4, -0.2) is 0 Å². The van der Waals surface area contributed by atoms with Gasteiger partial charge in [0, 0.05) is 11.0 Å². The quantitative estimate of drug-likeness (QED) is 0.291. The van der Waals surface area contributed by atoms with Crippen LogP contribution < -0.4 is 0 Å². The van der Waals surface area contributed by atoms with Gasteiger partial charge in [-0.2, -0.15) is 0 Å². The largest absolute Gasteiger partial charge is 0.0911 e. The van der Waals surface area contributed by atoms with Crippen LogP contribution in [-0.2, 0) is 6.42 Å². The van der Waals surface area contributed by atoms with Crippen molar-refractivity contribution in [2.75, 3.05) is 0 Å². The minimum absolute atomic E-state index is 0.333. The number of benzene rings is 1. The Morgan fingerprint density at radius 3 is 2.03 bits per heavy atom. The summed E-state index contributed by atoms with van der Waals surface area (Å²) in [5.74, 6) is 9.47. The molecule has 0 N–H and O–H groups in total. The minimum Gasteiger partial charge on any atom is -0.0911 e. The lowest BCUT2D eigenvalue weighted by Crippen LogP contribution is -2.45. The molecule has 0 radical (unpaired) electrons. The van der Waals surface area contributed by atoms with Crippen molar-refractivity contribution in [3.63, 3.8) is 0 Å². The molecule has 170 valence electrons. The zero-order valence-corrected chi connectivity index (χ0v) is 20.5. The molecule has 0 aromatic heterocycles. The predicted octanol–water partition coefficient (Wildman–Crippen LogP) is 9.11. The van der Waals surface area contributed by atoms with Crippen LogP contribution >= 0.6 is 0 Å². The second-order valence-corrected chi connectivity index (χ2v) is 11.4. The summed E-state index contributed by atoms with van der Waals surface area (Å²) < 4.78 is 0. The molecule has 0 heteroatoms. The highest BCUT2D eigenvalue weighted by molar-refractivity contribution is 5.38. The smallest absolute Gasteiger partial charge is 0.0319 e.